The Hall–Kier alpha value is -0.650. The van der Waals surface area contributed by atoms with Gasteiger partial charge in [0.25, 0.3) is 0 Å². The van der Waals surface area contributed by atoms with E-state index in [0.29, 0.717) is 0 Å². The van der Waals surface area contributed by atoms with Crippen LogP contribution in [-0.4, -0.2) is 45.7 Å². The van der Waals surface area contributed by atoms with Crippen molar-refractivity contribution in [3.05, 3.63) is 0 Å². The molecule has 0 radical (unpaired) electrons. The van der Waals surface area contributed by atoms with Crippen molar-refractivity contribution in [2.75, 3.05) is 6.61 Å². The van der Waals surface area contributed by atoms with Crippen LogP contribution in [0.3, 0.4) is 0 Å². The second-order valence-corrected chi connectivity index (χ2v) is 2.72. The van der Waals surface area contributed by atoms with Crippen LogP contribution in [0.4, 0.5) is 0 Å². The predicted octanol–water partition coefficient (Wildman–Crippen LogP) is -1.98. The molecule has 0 unspecified atom stereocenters. The molecule has 1 saturated heterocycles. The van der Waals surface area contributed by atoms with Crippen LogP contribution < -0.4 is 0 Å². The number of esters is 1. The molecule has 64 valence electrons. The van der Waals surface area contributed by atoms with Gasteiger partial charge in [0.1, 0.15) is 6.10 Å². The summed E-state index contributed by atoms with van der Waals surface area (Å²) >= 11 is 0. The number of ether oxygens (including phenoxy) is 1. The van der Waals surface area contributed by atoms with Gasteiger partial charge in [-0.1, -0.05) is 0 Å². The fourth-order valence-corrected chi connectivity index (χ4v) is 0.941. The van der Waals surface area contributed by atoms with Gasteiger partial charge in [0.2, 0.25) is 0 Å². The number of aliphatic hydroxyl groups is 3. The summed E-state index contributed by atoms with van der Waals surface area (Å²) in [5.74, 6) is -0.899. The first-order valence-electron chi connectivity index (χ1n) is 3.22. The SMILES string of the molecule is C[C@]1(O)C(=O)O[C@@H](CO)[C@@H]1O. The monoisotopic (exact) mass is 162 g/mol. The van der Waals surface area contributed by atoms with E-state index < -0.39 is 30.4 Å². The van der Waals surface area contributed by atoms with Crippen molar-refractivity contribution in [2.24, 2.45) is 0 Å². The van der Waals surface area contributed by atoms with Gasteiger partial charge in [0.15, 0.2) is 11.7 Å². The number of hydrogen-bond donors (Lipinski definition) is 3. The Bertz CT molecular complexity index is 176. The molecule has 0 bridgehead atoms. The number of hydrogen-bond acceptors (Lipinski definition) is 5. The Morgan fingerprint density at radius 1 is 1.73 bits per heavy atom. The van der Waals surface area contributed by atoms with E-state index in [0.717, 1.165) is 6.92 Å². The van der Waals surface area contributed by atoms with Crippen molar-refractivity contribution in [1.82, 2.24) is 0 Å². The summed E-state index contributed by atoms with van der Waals surface area (Å²) in [6.45, 7) is 0.665. The van der Waals surface area contributed by atoms with Gasteiger partial charge in [-0.25, -0.2) is 4.79 Å². The number of cyclic esters (lactones) is 1. The number of aliphatic hydroxyl groups excluding tert-OH is 2. The van der Waals surface area contributed by atoms with Gasteiger partial charge in [0, 0.05) is 0 Å². The third kappa shape index (κ3) is 1.11. The molecule has 0 aliphatic carbocycles. The Balaban J connectivity index is 2.80. The van der Waals surface area contributed by atoms with E-state index in [1.54, 1.807) is 0 Å². The van der Waals surface area contributed by atoms with E-state index in [1.807, 2.05) is 0 Å². The maximum absolute atomic E-state index is 10.7. The highest BCUT2D eigenvalue weighted by Gasteiger charge is 2.52. The number of carbonyl (C=O) groups excluding carboxylic acids is 1. The number of rotatable bonds is 1. The lowest BCUT2D eigenvalue weighted by molar-refractivity contribution is -0.155. The van der Waals surface area contributed by atoms with Crippen molar-refractivity contribution in [1.29, 1.82) is 0 Å². The molecule has 1 aliphatic rings. The average Bonchev–Trinajstić information content (AvgIpc) is 2.14. The fraction of sp³-hybridized carbons (Fsp3) is 0.833. The predicted molar refractivity (Wildman–Crippen MR) is 33.6 cm³/mol. The van der Waals surface area contributed by atoms with Crippen molar-refractivity contribution < 1.29 is 24.9 Å². The quantitative estimate of drug-likeness (QED) is 0.389. The van der Waals surface area contributed by atoms with E-state index in [1.165, 1.54) is 0 Å². The summed E-state index contributed by atoms with van der Waals surface area (Å²) in [4.78, 5) is 10.7. The van der Waals surface area contributed by atoms with E-state index in [9.17, 15) is 9.90 Å². The van der Waals surface area contributed by atoms with Crippen LogP contribution >= 0.6 is 0 Å². The minimum Gasteiger partial charge on any atom is -0.455 e. The molecule has 0 aromatic carbocycles. The van der Waals surface area contributed by atoms with Crippen molar-refractivity contribution in [3.63, 3.8) is 0 Å². The Labute approximate surface area is 63.2 Å². The van der Waals surface area contributed by atoms with Crippen LogP contribution in [-0.2, 0) is 9.53 Å². The lowest BCUT2D eigenvalue weighted by atomic mass is 9.99. The van der Waals surface area contributed by atoms with Gasteiger partial charge < -0.3 is 20.1 Å². The van der Waals surface area contributed by atoms with Crippen molar-refractivity contribution >= 4 is 5.97 Å². The van der Waals surface area contributed by atoms with E-state index >= 15 is 0 Å². The Kier molecular flexibility index (Phi) is 1.87. The zero-order chi connectivity index (χ0) is 8.65. The molecule has 0 aromatic heterocycles. The second-order valence-electron chi connectivity index (χ2n) is 2.72. The zero-order valence-corrected chi connectivity index (χ0v) is 6.02. The van der Waals surface area contributed by atoms with Gasteiger partial charge >= 0.3 is 5.97 Å². The van der Waals surface area contributed by atoms with Crippen LogP contribution in [0.5, 0.6) is 0 Å². The third-order valence-electron chi connectivity index (χ3n) is 1.78. The molecule has 0 spiro atoms. The summed E-state index contributed by atoms with van der Waals surface area (Å²) < 4.78 is 4.45. The molecule has 1 fully saturated rings. The molecule has 0 saturated carbocycles. The van der Waals surface area contributed by atoms with Crippen LogP contribution in [0.25, 0.3) is 0 Å². The van der Waals surface area contributed by atoms with Crippen molar-refractivity contribution in [3.8, 4) is 0 Å². The topological polar surface area (TPSA) is 87.0 Å². The fourth-order valence-electron chi connectivity index (χ4n) is 0.941. The first-order chi connectivity index (χ1) is 5.00. The van der Waals surface area contributed by atoms with Crippen LogP contribution in [0.1, 0.15) is 6.92 Å². The van der Waals surface area contributed by atoms with Gasteiger partial charge in [-0.3, -0.25) is 0 Å². The van der Waals surface area contributed by atoms with E-state index in [4.69, 9.17) is 10.2 Å². The molecule has 3 atom stereocenters. The van der Waals surface area contributed by atoms with Crippen LogP contribution in [0.2, 0.25) is 0 Å². The van der Waals surface area contributed by atoms with E-state index in [-0.39, 0.29) is 0 Å². The molecule has 0 amide bonds. The highest BCUT2D eigenvalue weighted by atomic mass is 16.6. The highest BCUT2D eigenvalue weighted by molar-refractivity contribution is 5.82. The van der Waals surface area contributed by atoms with Crippen LogP contribution in [0.15, 0.2) is 0 Å². The Morgan fingerprint density at radius 2 is 2.27 bits per heavy atom. The van der Waals surface area contributed by atoms with E-state index in [2.05, 4.69) is 4.74 Å². The van der Waals surface area contributed by atoms with Gasteiger partial charge in [-0.2, -0.15) is 0 Å². The summed E-state index contributed by atoms with van der Waals surface area (Å²) in [6.07, 6.45) is -2.35. The lowest BCUT2D eigenvalue weighted by Crippen LogP contribution is -2.43. The molecule has 5 heteroatoms. The normalized spacial score (nSPS) is 44.2. The van der Waals surface area contributed by atoms with Gasteiger partial charge in [-0.15, -0.1) is 0 Å². The molecular weight excluding hydrogens is 152 g/mol. The smallest absolute Gasteiger partial charge is 0.341 e. The molecule has 0 aromatic rings. The minimum absolute atomic E-state index is 0.483. The molecule has 1 rings (SSSR count). The molecule has 11 heavy (non-hydrogen) atoms. The Morgan fingerprint density at radius 3 is 2.45 bits per heavy atom. The standard InChI is InChI=1S/C6H10O5/c1-6(10)4(8)3(2-7)11-5(6)9/h3-4,7-8,10H,2H2,1H3/t3-,4-,6+/m0/s1. The van der Waals surface area contributed by atoms with Crippen molar-refractivity contribution in [2.45, 2.75) is 24.7 Å². The summed E-state index contributed by atoms with van der Waals surface area (Å²) in [7, 11) is 0. The maximum atomic E-state index is 10.7. The molecule has 1 heterocycles. The maximum Gasteiger partial charge on any atom is 0.341 e. The minimum atomic E-state index is -1.88. The largest absolute Gasteiger partial charge is 0.455 e. The second kappa shape index (κ2) is 2.44. The van der Waals surface area contributed by atoms with Gasteiger partial charge in [-0.05, 0) is 6.92 Å². The third-order valence-corrected chi connectivity index (χ3v) is 1.78. The molecule has 5 nitrogen and oxygen atoms in total. The van der Waals surface area contributed by atoms with Gasteiger partial charge in [0.05, 0.1) is 6.61 Å². The summed E-state index contributed by atoms with van der Waals surface area (Å²) in [5, 5.41) is 26.9. The first-order valence-corrected chi connectivity index (χ1v) is 3.22. The molecule has 3 N–H and O–H groups in total. The summed E-state index contributed by atoms with van der Waals surface area (Å²) in [5.41, 5.74) is -1.88. The first kappa shape index (κ1) is 8.45. The average molecular weight is 162 g/mol. The number of carbonyl (C=O) groups is 1. The zero-order valence-electron chi connectivity index (χ0n) is 6.02. The lowest BCUT2D eigenvalue weighted by Gasteiger charge is -2.16. The summed E-state index contributed by atoms with van der Waals surface area (Å²) in [6, 6.07) is 0. The molecular formula is C6H10O5. The highest BCUT2D eigenvalue weighted by Crippen LogP contribution is 2.25. The van der Waals surface area contributed by atoms with Crippen LogP contribution in [0, 0.1) is 0 Å². The molecule has 1 aliphatic heterocycles.